The number of amides is 1. The summed E-state index contributed by atoms with van der Waals surface area (Å²) in [5.74, 6) is -1.32. The average molecular weight is 315 g/mol. The maximum absolute atomic E-state index is 12.3. The highest BCUT2D eigenvalue weighted by Gasteiger charge is 2.20. The molecule has 6 heteroatoms. The Labute approximate surface area is 130 Å². The van der Waals surface area contributed by atoms with Crippen molar-refractivity contribution in [2.75, 3.05) is 5.32 Å². The maximum atomic E-state index is 12.3. The van der Waals surface area contributed by atoms with E-state index >= 15 is 0 Å². The van der Waals surface area contributed by atoms with Gasteiger partial charge >= 0.3 is 0 Å². The van der Waals surface area contributed by atoms with E-state index in [1.54, 1.807) is 18.2 Å². The van der Waals surface area contributed by atoms with Crippen LogP contribution in [0.5, 0.6) is 5.75 Å². The molecule has 3 aromatic rings. The summed E-state index contributed by atoms with van der Waals surface area (Å²) in [6.07, 6.45) is 1.49. The van der Waals surface area contributed by atoms with Crippen molar-refractivity contribution in [3.63, 3.8) is 0 Å². The summed E-state index contributed by atoms with van der Waals surface area (Å²) in [6.45, 7) is 0. The number of rotatable bonds is 3. The summed E-state index contributed by atoms with van der Waals surface area (Å²) in [6, 6.07) is 10.9. The molecular formula is C16H11ClN2O3. The first-order chi connectivity index (χ1) is 10.5. The van der Waals surface area contributed by atoms with Gasteiger partial charge in [0.15, 0.2) is 0 Å². The van der Waals surface area contributed by atoms with Crippen LogP contribution in [0.3, 0.4) is 0 Å². The Morgan fingerprint density at radius 2 is 1.82 bits per heavy atom. The molecule has 0 saturated heterocycles. The molecule has 0 fully saturated rings. The van der Waals surface area contributed by atoms with Crippen molar-refractivity contribution in [2.24, 2.45) is 0 Å². The van der Waals surface area contributed by atoms with Gasteiger partial charge in [0.05, 0.1) is 5.56 Å². The first kappa shape index (κ1) is 14.2. The molecule has 1 aromatic heterocycles. The number of fused-ring (bicyclic) bond motifs is 1. The first-order valence-corrected chi connectivity index (χ1v) is 6.84. The van der Waals surface area contributed by atoms with Gasteiger partial charge in [0, 0.05) is 27.8 Å². The molecule has 0 radical (unpaired) electrons. The van der Waals surface area contributed by atoms with E-state index in [1.165, 1.54) is 30.5 Å². The quantitative estimate of drug-likeness (QED) is 0.394. The van der Waals surface area contributed by atoms with Gasteiger partial charge in [-0.1, -0.05) is 17.7 Å². The van der Waals surface area contributed by atoms with Crippen molar-refractivity contribution in [1.29, 1.82) is 0 Å². The molecule has 0 aliphatic heterocycles. The molecule has 110 valence electrons. The predicted molar refractivity (Wildman–Crippen MR) is 84.4 cm³/mol. The largest absolute Gasteiger partial charge is 0.508 e. The molecule has 0 aliphatic carbocycles. The van der Waals surface area contributed by atoms with Crippen LogP contribution in [0.2, 0.25) is 5.02 Å². The normalized spacial score (nSPS) is 10.6. The fourth-order valence-electron chi connectivity index (χ4n) is 2.14. The zero-order valence-electron chi connectivity index (χ0n) is 11.3. The van der Waals surface area contributed by atoms with Crippen LogP contribution in [0.1, 0.15) is 10.4 Å². The molecular weight excluding hydrogens is 304 g/mol. The zero-order chi connectivity index (χ0) is 15.7. The number of hydrogen-bond acceptors (Lipinski definition) is 3. The number of halogens is 1. The Hall–Kier alpha value is -2.79. The molecule has 3 N–H and O–H groups in total. The summed E-state index contributed by atoms with van der Waals surface area (Å²) >= 11 is 5.89. The lowest BCUT2D eigenvalue weighted by Gasteiger charge is -2.04. The Kier molecular flexibility index (Phi) is 3.56. The van der Waals surface area contributed by atoms with Gasteiger partial charge in [0.1, 0.15) is 5.75 Å². The molecule has 1 heterocycles. The molecule has 5 nitrogen and oxygen atoms in total. The van der Waals surface area contributed by atoms with Gasteiger partial charge in [-0.05, 0) is 36.4 Å². The highest BCUT2D eigenvalue weighted by atomic mass is 35.5. The molecule has 1 amide bonds. The predicted octanol–water partition coefficient (Wildman–Crippen LogP) is 3.35. The maximum Gasteiger partial charge on any atom is 0.296 e. The topological polar surface area (TPSA) is 82.2 Å². The Morgan fingerprint density at radius 3 is 2.55 bits per heavy atom. The highest BCUT2D eigenvalue weighted by Crippen LogP contribution is 2.23. The number of carbonyl (C=O) groups excluding carboxylic acids is 2. The van der Waals surface area contributed by atoms with Crippen LogP contribution >= 0.6 is 11.6 Å². The number of phenolic OH excluding ortho intramolecular Hbond substituents is 1. The lowest BCUT2D eigenvalue weighted by molar-refractivity contribution is -0.112. The van der Waals surface area contributed by atoms with Crippen molar-refractivity contribution in [3.05, 3.63) is 59.2 Å². The van der Waals surface area contributed by atoms with Gasteiger partial charge in [-0.25, -0.2) is 0 Å². The van der Waals surface area contributed by atoms with E-state index in [0.29, 0.717) is 21.6 Å². The third kappa shape index (κ3) is 2.66. The van der Waals surface area contributed by atoms with Crippen molar-refractivity contribution >= 4 is 39.9 Å². The summed E-state index contributed by atoms with van der Waals surface area (Å²) in [4.78, 5) is 27.2. The van der Waals surface area contributed by atoms with Crippen LogP contribution < -0.4 is 5.32 Å². The summed E-state index contributed by atoms with van der Waals surface area (Å²) in [7, 11) is 0. The third-order valence-corrected chi connectivity index (χ3v) is 3.45. The molecule has 2 aromatic carbocycles. The fourth-order valence-corrected chi connectivity index (χ4v) is 2.31. The minimum atomic E-state index is -0.749. The zero-order valence-corrected chi connectivity index (χ0v) is 12.0. The molecule has 0 atom stereocenters. The molecule has 0 aliphatic rings. The number of ketones is 1. The highest BCUT2D eigenvalue weighted by molar-refractivity contribution is 6.48. The van der Waals surface area contributed by atoms with Gasteiger partial charge in [-0.2, -0.15) is 0 Å². The van der Waals surface area contributed by atoms with E-state index in [1.807, 2.05) is 0 Å². The number of carbonyl (C=O) groups is 2. The molecule has 0 saturated carbocycles. The van der Waals surface area contributed by atoms with Crippen molar-refractivity contribution in [3.8, 4) is 5.75 Å². The number of H-pyrrole nitrogens is 1. The van der Waals surface area contributed by atoms with E-state index in [4.69, 9.17) is 11.6 Å². The summed E-state index contributed by atoms with van der Waals surface area (Å²) in [5.41, 5.74) is 1.40. The second-order valence-electron chi connectivity index (χ2n) is 4.72. The Bertz CT molecular complexity index is 869. The van der Waals surface area contributed by atoms with E-state index in [9.17, 15) is 14.7 Å². The molecule has 3 rings (SSSR count). The van der Waals surface area contributed by atoms with Crippen LogP contribution in [-0.2, 0) is 4.79 Å². The monoisotopic (exact) mass is 314 g/mol. The van der Waals surface area contributed by atoms with E-state index in [-0.39, 0.29) is 11.3 Å². The minimum Gasteiger partial charge on any atom is -0.508 e. The molecule has 22 heavy (non-hydrogen) atoms. The van der Waals surface area contributed by atoms with Crippen LogP contribution in [0.25, 0.3) is 10.9 Å². The lowest BCUT2D eigenvalue weighted by atomic mass is 10.1. The van der Waals surface area contributed by atoms with Crippen molar-refractivity contribution < 1.29 is 14.7 Å². The summed E-state index contributed by atoms with van der Waals surface area (Å²) < 4.78 is 0. The van der Waals surface area contributed by atoms with Gasteiger partial charge in [-0.15, -0.1) is 0 Å². The van der Waals surface area contributed by atoms with Crippen LogP contribution in [0, 0.1) is 0 Å². The first-order valence-electron chi connectivity index (χ1n) is 6.46. The number of Topliss-reactive ketones (excluding diaryl/α,β-unsaturated/α-hetero) is 1. The molecule has 0 spiro atoms. The molecule has 0 unspecified atom stereocenters. The number of benzene rings is 2. The second kappa shape index (κ2) is 5.54. The number of aromatic amines is 1. The fraction of sp³-hybridized carbons (Fsp3) is 0. The van der Waals surface area contributed by atoms with Crippen LogP contribution in [0.4, 0.5) is 5.69 Å². The number of aromatic nitrogens is 1. The smallest absolute Gasteiger partial charge is 0.296 e. The molecule has 0 bridgehead atoms. The minimum absolute atomic E-state index is 0.0813. The van der Waals surface area contributed by atoms with E-state index in [2.05, 4.69) is 10.3 Å². The Morgan fingerprint density at radius 1 is 1.09 bits per heavy atom. The Balaban J connectivity index is 1.85. The van der Waals surface area contributed by atoms with Gasteiger partial charge in [0.2, 0.25) is 0 Å². The summed E-state index contributed by atoms with van der Waals surface area (Å²) in [5, 5.41) is 12.9. The standard InChI is InChI=1S/C16H11ClN2O3/c17-9-1-6-12-13(8-18-14(12)7-9)15(21)16(22)19-10-2-4-11(20)5-3-10/h1-8,18,20H,(H,19,22). The van der Waals surface area contributed by atoms with Gasteiger partial charge in [0.25, 0.3) is 11.7 Å². The number of anilines is 1. The SMILES string of the molecule is O=C(Nc1ccc(O)cc1)C(=O)c1c[nH]c2cc(Cl)ccc12. The third-order valence-electron chi connectivity index (χ3n) is 3.22. The van der Waals surface area contributed by atoms with Crippen molar-refractivity contribution in [2.45, 2.75) is 0 Å². The average Bonchev–Trinajstić information content (AvgIpc) is 2.91. The van der Waals surface area contributed by atoms with E-state index in [0.717, 1.165) is 0 Å². The number of phenols is 1. The second-order valence-corrected chi connectivity index (χ2v) is 5.16. The van der Waals surface area contributed by atoms with Gasteiger partial charge < -0.3 is 15.4 Å². The lowest BCUT2D eigenvalue weighted by Crippen LogP contribution is -2.22. The van der Waals surface area contributed by atoms with E-state index < -0.39 is 11.7 Å². The van der Waals surface area contributed by atoms with Crippen LogP contribution in [-0.4, -0.2) is 21.8 Å². The van der Waals surface area contributed by atoms with Crippen LogP contribution in [0.15, 0.2) is 48.7 Å². The number of aromatic hydroxyl groups is 1. The van der Waals surface area contributed by atoms with Gasteiger partial charge in [-0.3, -0.25) is 9.59 Å². The number of hydrogen-bond donors (Lipinski definition) is 3. The van der Waals surface area contributed by atoms with Crippen molar-refractivity contribution in [1.82, 2.24) is 4.98 Å². The number of nitrogens with one attached hydrogen (secondary N) is 2.